The fourth-order valence-electron chi connectivity index (χ4n) is 3.21. The first kappa shape index (κ1) is 15.8. The molecule has 23 heavy (non-hydrogen) atoms. The van der Waals surface area contributed by atoms with E-state index in [1.54, 1.807) is 6.07 Å². The zero-order valence-corrected chi connectivity index (χ0v) is 13.1. The number of rotatable bonds is 4. The second kappa shape index (κ2) is 6.99. The molecule has 8 nitrogen and oxygen atoms in total. The van der Waals surface area contributed by atoms with Crippen molar-refractivity contribution in [2.75, 3.05) is 26.2 Å². The number of ether oxygens (including phenoxy) is 1. The Balaban J connectivity index is 1.54. The minimum absolute atomic E-state index is 0.0557. The molecule has 0 bridgehead atoms. The summed E-state index contributed by atoms with van der Waals surface area (Å²) in [7, 11) is 0. The second-order valence-corrected chi connectivity index (χ2v) is 6.18. The van der Waals surface area contributed by atoms with E-state index in [9.17, 15) is 9.59 Å². The average molecular weight is 321 g/mol. The number of H-pyrrole nitrogens is 1. The van der Waals surface area contributed by atoms with Crippen LogP contribution >= 0.6 is 0 Å². The molecular formula is C15H23N5O3. The lowest BCUT2D eigenvalue weighted by molar-refractivity contribution is 0.0995. The number of nitrogens with zero attached hydrogens (tertiary/aromatic N) is 2. The molecule has 0 radical (unpaired) electrons. The molecule has 0 unspecified atom stereocenters. The number of nitrogens with one attached hydrogen (secondary N) is 2. The number of carbonyl (C=O) groups excluding carboxylic acids is 2. The van der Waals surface area contributed by atoms with E-state index < -0.39 is 5.91 Å². The summed E-state index contributed by atoms with van der Waals surface area (Å²) < 4.78 is 5.52. The van der Waals surface area contributed by atoms with Crippen molar-refractivity contribution in [3.8, 4) is 0 Å². The lowest BCUT2D eigenvalue weighted by atomic mass is 9.95. The SMILES string of the molecule is NC(=O)c1cc([C@H]2CCCN(C(=O)NC[C@@H]3CCCO3)C2)[nH]n1. The molecule has 3 heterocycles. The summed E-state index contributed by atoms with van der Waals surface area (Å²) in [6.07, 6.45) is 4.09. The van der Waals surface area contributed by atoms with Gasteiger partial charge in [0, 0.05) is 37.9 Å². The van der Waals surface area contributed by atoms with Crippen LogP contribution in [-0.2, 0) is 4.74 Å². The van der Waals surface area contributed by atoms with Gasteiger partial charge in [0.05, 0.1) is 6.10 Å². The van der Waals surface area contributed by atoms with Crippen LogP contribution < -0.4 is 11.1 Å². The molecule has 0 aliphatic carbocycles. The standard InChI is InChI=1S/C15H23N5O3/c16-14(21)13-7-12(18-19-13)10-3-1-5-20(9-10)15(22)17-8-11-4-2-6-23-11/h7,10-11H,1-6,8-9H2,(H2,16,21)(H,17,22)(H,18,19)/t10-,11-/m0/s1. The molecule has 2 saturated heterocycles. The Morgan fingerprint density at radius 1 is 1.43 bits per heavy atom. The second-order valence-electron chi connectivity index (χ2n) is 6.18. The predicted molar refractivity (Wildman–Crippen MR) is 83.0 cm³/mol. The van der Waals surface area contributed by atoms with Crippen LogP contribution in [0.4, 0.5) is 4.79 Å². The average Bonchev–Trinajstić information content (AvgIpc) is 3.24. The number of hydrogen-bond acceptors (Lipinski definition) is 4. The third-order valence-corrected chi connectivity index (χ3v) is 4.50. The van der Waals surface area contributed by atoms with E-state index in [0.29, 0.717) is 13.1 Å². The first-order valence-corrected chi connectivity index (χ1v) is 8.13. The zero-order chi connectivity index (χ0) is 16.2. The van der Waals surface area contributed by atoms with Crippen molar-refractivity contribution < 1.29 is 14.3 Å². The summed E-state index contributed by atoms with van der Waals surface area (Å²) in [5.74, 6) is -0.396. The number of aromatic amines is 1. The number of likely N-dealkylation sites (tertiary alicyclic amines) is 1. The number of hydrogen-bond donors (Lipinski definition) is 3. The Bertz CT molecular complexity index is 567. The van der Waals surface area contributed by atoms with Crippen LogP contribution in [0, 0.1) is 0 Å². The molecule has 2 aliphatic rings. The highest BCUT2D eigenvalue weighted by molar-refractivity contribution is 5.90. The molecular weight excluding hydrogens is 298 g/mol. The fraction of sp³-hybridized carbons (Fsp3) is 0.667. The Kier molecular flexibility index (Phi) is 4.80. The third-order valence-electron chi connectivity index (χ3n) is 4.50. The number of primary amides is 1. The Morgan fingerprint density at radius 2 is 2.30 bits per heavy atom. The van der Waals surface area contributed by atoms with Gasteiger partial charge in [-0.2, -0.15) is 5.10 Å². The van der Waals surface area contributed by atoms with Gasteiger partial charge in [0.25, 0.3) is 5.91 Å². The summed E-state index contributed by atoms with van der Waals surface area (Å²) in [6.45, 7) is 2.70. The molecule has 0 aromatic carbocycles. The lowest BCUT2D eigenvalue weighted by Gasteiger charge is -2.32. The van der Waals surface area contributed by atoms with Crippen LogP contribution in [0.25, 0.3) is 0 Å². The number of carbonyl (C=O) groups is 2. The normalized spacial score (nSPS) is 24.6. The molecule has 4 N–H and O–H groups in total. The van der Waals surface area contributed by atoms with Crippen molar-refractivity contribution in [3.05, 3.63) is 17.5 Å². The maximum Gasteiger partial charge on any atom is 0.317 e. The topological polar surface area (TPSA) is 113 Å². The quantitative estimate of drug-likeness (QED) is 0.752. The Hall–Kier alpha value is -2.09. The molecule has 2 fully saturated rings. The highest BCUT2D eigenvalue weighted by atomic mass is 16.5. The molecule has 3 amide bonds. The van der Waals surface area contributed by atoms with Gasteiger partial charge in [-0.15, -0.1) is 0 Å². The summed E-state index contributed by atoms with van der Waals surface area (Å²) in [4.78, 5) is 25.3. The molecule has 2 atom stereocenters. The van der Waals surface area contributed by atoms with Crippen LogP contribution in [0.2, 0.25) is 0 Å². The predicted octanol–water partition coefficient (Wildman–Crippen LogP) is 0.577. The highest BCUT2D eigenvalue weighted by Gasteiger charge is 2.27. The zero-order valence-electron chi connectivity index (χ0n) is 13.1. The van der Waals surface area contributed by atoms with Gasteiger partial charge >= 0.3 is 6.03 Å². The minimum atomic E-state index is -0.547. The van der Waals surface area contributed by atoms with Crippen LogP contribution in [0.15, 0.2) is 6.07 Å². The third kappa shape index (κ3) is 3.82. The molecule has 3 rings (SSSR count). The van der Waals surface area contributed by atoms with Gasteiger partial charge in [0.15, 0.2) is 0 Å². The van der Waals surface area contributed by atoms with E-state index in [1.807, 2.05) is 4.90 Å². The maximum absolute atomic E-state index is 12.3. The van der Waals surface area contributed by atoms with Gasteiger partial charge in [-0.3, -0.25) is 9.89 Å². The summed E-state index contributed by atoms with van der Waals surface area (Å²) >= 11 is 0. The van der Waals surface area contributed by atoms with E-state index in [2.05, 4.69) is 15.5 Å². The fourth-order valence-corrected chi connectivity index (χ4v) is 3.21. The van der Waals surface area contributed by atoms with Crippen LogP contribution in [-0.4, -0.2) is 59.4 Å². The number of piperidine rings is 1. The van der Waals surface area contributed by atoms with Crippen molar-refractivity contribution in [1.29, 1.82) is 0 Å². The summed E-state index contributed by atoms with van der Waals surface area (Å²) in [6, 6.07) is 1.63. The van der Waals surface area contributed by atoms with E-state index in [4.69, 9.17) is 10.5 Å². The van der Waals surface area contributed by atoms with Gasteiger partial charge in [-0.05, 0) is 31.7 Å². The van der Waals surface area contributed by atoms with E-state index in [-0.39, 0.29) is 23.7 Å². The lowest BCUT2D eigenvalue weighted by Crippen LogP contribution is -2.46. The summed E-state index contributed by atoms with van der Waals surface area (Å²) in [5.41, 5.74) is 6.32. The molecule has 126 valence electrons. The molecule has 1 aromatic rings. The van der Waals surface area contributed by atoms with Crippen molar-refractivity contribution in [2.45, 2.75) is 37.7 Å². The first-order chi connectivity index (χ1) is 11.1. The van der Waals surface area contributed by atoms with E-state index >= 15 is 0 Å². The smallest absolute Gasteiger partial charge is 0.317 e. The largest absolute Gasteiger partial charge is 0.376 e. The van der Waals surface area contributed by atoms with E-state index in [0.717, 1.165) is 44.5 Å². The number of aromatic nitrogens is 2. The van der Waals surface area contributed by atoms with Crippen molar-refractivity contribution >= 4 is 11.9 Å². The monoisotopic (exact) mass is 321 g/mol. The molecule has 8 heteroatoms. The molecule has 1 aromatic heterocycles. The van der Waals surface area contributed by atoms with Crippen LogP contribution in [0.3, 0.4) is 0 Å². The minimum Gasteiger partial charge on any atom is -0.376 e. The van der Waals surface area contributed by atoms with Crippen molar-refractivity contribution in [1.82, 2.24) is 20.4 Å². The van der Waals surface area contributed by atoms with Gasteiger partial charge in [-0.1, -0.05) is 0 Å². The Labute approximate surface area is 134 Å². The van der Waals surface area contributed by atoms with Crippen molar-refractivity contribution in [3.63, 3.8) is 0 Å². The maximum atomic E-state index is 12.3. The molecule has 2 aliphatic heterocycles. The van der Waals surface area contributed by atoms with Crippen LogP contribution in [0.5, 0.6) is 0 Å². The van der Waals surface area contributed by atoms with Gasteiger partial charge in [0.2, 0.25) is 0 Å². The van der Waals surface area contributed by atoms with Gasteiger partial charge in [0.1, 0.15) is 5.69 Å². The number of amides is 3. The number of urea groups is 1. The first-order valence-electron chi connectivity index (χ1n) is 8.13. The summed E-state index contributed by atoms with van der Waals surface area (Å²) in [5, 5.41) is 9.73. The molecule has 0 spiro atoms. The molecule has 0 saturated carbocycles. The van der Waals surface area contributed by atoms with Crippen LogP contribution in [0.1, 0.15) is 47.8 Å². The van der Waals surface area contributed by atoms with E-state index in [1.165, 1.54) is 0 Å². The van der Waals surface area contributed by atoms with Crippen molar-refractivity contribution in [2.24, 2.45) is 5.73 Å². The number of nitrogens with two attached hydrogens (primary N) is 1. The highest BCUT2D eigenvalue weighted by Crippen LogP contribution is 2.26. The van der Waals surface area contributed by atoms with Gasteiger partial charge in [-0.25, -0.2) is 4.79 Å². The van der Waals surface area contributed by atoms with Gasteiger partial charge < -0.3 is 20.7 Å². The Morgan fingerprint density at radius 3 is 3.00 bits per heavy atom.